The highest BCUT2D eigenvalue weighted by Gasteiger charge is 2.11. The summed E-state index contributed by atoms with van der Waals surface area (Å²) in [5.41, 5.74) is 7.32. The average molecular weight is 256 g/mol. The number of aromatic nitrogens is 2. The van der Waals surface area contributed by atoms with Crippen LogP contribution >= 0.6 is 0 Å². The molecule has 0 saturated heterocycles. The lowest BCUT2D eigenvalue weighted by Crippen LogP contribution is -2.35. The maximum absolute atomic E-state index is 11.7. The number of carbonyl (C=O) groups is 1. The molecule has 0 fully saturated rings. The molecule has 0 aliphatic rings. The molecular formula is C14H16N4O. The van der Waals surface area contributed by atoms with Crippen LogP contribution in [0.1, 0.15) is 6.42 Å². The second-order valence-corrected chi connectivity index (χ2v) is 4.12. The Kier molecular flexibility index (Phi) is 4.10. The van der Waals surface area contributed by atoms with Crippen LogP contribution in [0.2, 0.25) is 0 Å². The molecule has 2 aromatic rings. The number of rotatable bonds is 5. The number of hydrogen-bond acceptors (Lipinski definition) is 3. The topological polar surface area (TPSA) is 72.9 Å². The lowest BCUT2D eigenvalue weighted by atomic mass is 10.2. The molecule has 1 unspecified atom stereocenters. The minimum Gasteiger partial charge on any atom is -0.325 e. The van der Waals surface area contributed by atoms with Crippen LogP contribution in [0.5, 0.6) is 0 Å². The molecule has 0 saturated carbocycles. The van der Waals surface area contributed by atoms with E-state index in [4.69, 9.17) is 5.73 Å². The molecule has 1 heterocycles. The molecule has 1 aromatic heterocycles. The number of carbonyl (C=O) groups excluding carboxylic acids is 1. The lowest BCUT2D eigenvalue weighted by molar-refractivity contribution is -0.117. The van der Waals surface area contributed by atoms with Crippen molar-refractivity contribution in [3.8, 4) is 5.69 Å². The summed E-state index contributed by atoms with van der Waals surface area (Å²) >= 11 is 0. The Morgan fingerprint density at radius 3 is 2.79 bits per heavy atom. The van der Waals surface area contributed by atoms with Crippen molar-refractivity contribution in [1.82, 2.24) is 9.78 Å². The van der Waals surface area contributed by atoms with Gasteiger partial charge in [-0.1, -0.05) is 6.08 Å². The molecule has 0 bridgehead atoms. The van der Waals surface area contributed by atoms with Crippen molar-refractivity contribution in [1.29, 1.82) is 0 Å². The van der Waals surface area contributed by atoms with Crippen LogP contribution in [0.25, 0.3) is 5.69 Å². The first-order chi connectivity index (χ1) is 9.20. The van der Waals surface area contributed by atoms with Gasteiger partial charge in [0, 0.05) is 18.1 Å². The SMILES string of the molecule is C=CCC(N)C(=O)Nc1ccc(-n2cccn2)cc1. The van der Waals surface area contributed by atoms with Crippen LogP contribution in [0.15, 0.2) is 55.4 Å². The molecule has 0 spiro atoms. The first-order valence-corrected chi connectivity index (χ1v) is 5.98. The Hall–Kier alpha value is -2.40. The fourth-order valence-corrected chi connectivity index (χ4v) is 1.64. The van der Waals surface area contributed by atoms with Crippen molar-refractivity contribution in [2.75, 3.05) is 5.32 Å². The van der Waals surface area contributed by atoms with Crippen LogP contribution < -0.4 is 11.1 Å². The number of nitrogens with two attached hydrogens (primary N) is 1. The van der Waals surface area contributed by atoms with Crippen LogP contribution in [-0.4, -0.2) is 21.7 Å². The van der Waals surface area contributed by atoms with Gasteiger partial charge in [-0.15, -0.1) is 6.58 Å². The Bertz CT molecular complexity index is 545. The van der Waals surface area contributed by atoms with Crippen LogP contribution in [0.3, 0.4) is 0 Å². The number of hydrogen-bond donors (Lipinski definition) is 2. The molecule has 3 N–H and O–H groups in total. The van der Waals surface area contributed by atoms with Gasteiger partial charge in [0.1, 0.15) is 0 Å². The first kappa shape index (κ1) is 13.0. The smallest absolute Gasteiger partial charge is 0.241 e. The molecule has 1 atom stereocenters. The highest BCUT2D eigenvalue weighted by molar-refractivity contribution is 5.94. The largest absolute Gasteiger partial charge is 0.325 e. The third kappa shape index (κ3) is 3.29. The van der Waals surface area contributed by atoms with Crippen LogP contribution in [-0.2, 0) is 4.79 Å². The van der Waals surface area contributed by atoms with Gasteiger partial charge in [-0.3, -0.25) is 4.79 Å². The number of nitrogens with zero attached hydrogens (tertiary/aromatic N) is 2. The van der Waals surface area contributed by atoms with E-state index < -0.39 is 6.04 Å². The lowest BCUT2D eigenvalue weighted by Gasteiger charge is -2.10. The van der Waals surface area contributed by atoms with E-state index in [-0.39, 0.29) is 5.91 Å². The molecule has 0 aliphatic heterocycles. The van der Waals surface area contributed by atoms with Crippen LogP contribution in [0.4, 0.5) is 5.69 Å². The third-order valence-corrected chi connectivity index (χ3v) is 2.66. The molecule has 98 valence electrons. The molecule has 19 heavy (non-hydrogen) atoms. The van der Waals surface area contributed by atoms with Gasteiger partial charge in [0.25, 0.3) is 0 Å². The summed E-state index contributed by atoms with van der Waals surface area (Å²) in [4.78, 5) is 11.7. The zero-order valence-electron chi connectivity index (χ0n) is 10.5. The maximum atomic E-state index is 11.7. The molecular weight excluding hydrogens is 240 g/mol. The fourth-order valence-electron chi connectivity index (χ4n) is 1.64. The normalized spacial score (nSPS) is 11.8. The van der Waals surface area contributed by atoms with E-state index in [1.807, 2.05) is 36.5 Å². The highest BCUT2D eigenvalue weighted by atomic mass is 16.2. The van der Waals surface area contributed by atoms with E-state index in [2.05, 4.69) is 17.0 Å². The number of amides is 1. The zero-order chi connectivity index (χ0) is 13.7. The minimum absolute atomic E-state index is 0.216. The van der Waals surface area contributed by atoms with Gasteiger partial charge in [0.05, 0.1) is 11.7 Å². The van der Waals surface area contributed by atoms with E-state index in [1.54, 1.807) is 17.0 Å². The molecule has 0 aliphatic carbocycles. The fraction of sp³-hybridized carbons (Fsp3) is 0.143. The minimum atomic E-state index is -0.566. The summed E-state index contributed by atoms with van der Waals surface area (Å²) < 4.78 is 1.75. The van der Waals surface area contributed by atoms with E-state index in [9.17, 15) is 4.79 Å². The Morgan fingerprint density at radius 2 is 2.21 bits per heavy atom. The van der Waals surface area contributed by atoms with Gasteiger partial charge in [0.2, 0.25) is 5.91 Å². The van der Waals surface area contributed by atoms with E-state index >= 15 is 0 Å². The predicted molar refractivity (Wildman–Crippen MR) is 75.0 cm³/mol. The van der Waals surface area contributed by atoms with Gasteiger partial charge < -0.3 is 11.1 Å². The third-order valence-electron chi connectivity index (χ3n) is 2.66. The van der Waals surface area contributed by atoms with Crippen molar-refractivity contribution in [3.63, 3.8) is 0 Å². The van der Waals surface area contributed by atoms with Crippen molar-refractivity contribution in [3.05, 3.63) is 55.4 Å². The molecule has 2 rings (SSSR count). The van der Waals surface area contributed by atoms with E-state index in [1.165, 1.54) is 0 Å². The average Bonchev–Trinajstić information content (AvgIpc) is 2.94. The molecule has 0 radical (unpaired) electrons. The summed E-state index contributed by atoms with van der Waals surface area (Å²) in [6.45, 7) is 3.56. The quantitative estimate of drug-likeness (QED) is 0.800. The van der Waals surface area contributed by atoms with Gasteiger partial charge in [-0.25, -0.2) is 4.68 Å². The highest BCUT2D eigenvalue weighted by Crippen LogP contribution is 2.12. The Morgan fingerprint density at radius 1 is 1.47 bits per heavy atom. The summed E-state index contributed by atoms with van der Waals surface area (Å²) in [5.74, 6) is -0.216. The number of benzene rings is 1. The standard InChI is InChI=1S/C14H16N4O/c1-2-4-13(15)14(19)17-11-5-7-12(8-6-11)18-10-3-9-16-18/h2-3,5-10,13H,1,4,15H2,(H,17,19). The van der Waals surface area contributed by atoms with Gasteiger partial charge >= 0.3 is 0 Å². The zero-order valence-corrected chi connectivity index (χ0v) is 10.5. The Balaban J connectivity index is 2.03. The molecule has 5 heteroatoms. The number of anilines is 1. The summed E-state index contributed by atoms with van der Waals surface area (Å²) in [6.07, 6.45) is 5.65. The van der Waals surface area contributed by atoms with Gasteiger partial charge in [-0.2, -0.15) is 5.10 Å². The monoisotopic (exact) mass is 256 g/mol. The molecule has 1 amide bonds. The second-order valence-electron chi connectivity index (χ2n) is 4.12. The summed E-state index contributed by atoms with van der Waals surface area (Å²) in [5, 5.41) is 6.89. The first-order valence-electron chi connectivity index (χ1n) is 5.98. The van der Waals surface area contributed by atoms with E-state index in [0.29, 0.717) is 12.1 Å². The second kappa shape index (κ2) is 5.97. The van der Waals surface area contributed by atoms with Crippen molar-refractivity contribution in [2.45, 2.75) is 12.5 Å². The Labute approximate surface area is 111 Å². The summed E-state index contributed by atoms with van der Waals surface area (Å²) in [6, 6.07) is 8.67. The molecule has 5 nitrogen and oxygen atoms in total. The molecule has 1 aromatic carbocycles. The van der Waals surface area contributed by atoms with Crippen molar-refractivity contribution in [2.24, 2.45) is 5.73 Å². The predicted octanol–water partition coefficient (Wildman–Crippen LogP) is 1.71. The van der Waals surface area contributed by atoms with Crippen molar-refractivity contribution >= 4 is 11.6 Å². The van der Waals surface area contributed by atoms with Gasteiger partial charge in [0.15, 0.2) is 0 Å². The summed E-state index contributed by atoms with van der Waals surface area (Å²) in [7, 11) is 0. The van der Waals surface area contributed by atoms with Gasteiger partial charge in [-0.05, 0) is 36.8 Å². The van der Waals surface area contributed by atoms with Crippen molar-refractivity contribution < 1.29 is 4.79 Å². The maximum Gasteiger partial charge on any atom is 0.241 e. The van der Waals surface area contributed by atoms with Crippen LogP contribution in [0, 0.1) is 0 Å². The van der Waals surface area contributed by atoms with E-state index in [0.717, 1.165) is 5.69 Å². The number of nitrogens with one attached hydrogen (secondary N) is 1.